The van der Waals surface area contributed by atoms with Crippen LogP contribution >= 0.6 is 0 Å². The average molecular weight is 476 g/mol. The van der Waals surface area contributed by atoms with Crippen LogP contribution in [0, 0.1) is 0 Å². The first kappa shape index (κ1) is 26.3. The molecule has 13 nitrogen and oxygen atoms in total. The third-order valence-electron chi connectivity index (χ3n) is 4.97. The molecule has 0 aliphatic carbocycles. The van der Waals surface area contributed by atoms with E-state index in [1.165, 1.54) is 6.92 Å². The molecule has 0 spiro atoms. The molecule has 4 unspecified atom stereocenters. The van der Waals surface area contributed by atoms with Gasteiger partial charge in [-0.2, -0.15) is 0 Å². The number of amides is 4. The van der Waals surface area contributed by atoms with Crippen molar-refractivity contribution in [1.82, 2.24) is 20.9 Å². The number of nitrogens with two attached hydrogens (primary N) is 2. The zero-order chi connectivity index (χ0) is 25.4. The first-order valence-corrected chi connectivity index (χ1v) is 10.4. The fourth-order valence-electron chi connectivity index (χ4n) is 3.25. The number of carboxylic acid groups (broad SMARTS) is 1. The number of hydrogen-bond acceptors (Lipinski definition) is 7. The third kappa shape index (κ3) is 7.28. The van der Waals surface area contributed by atoms with Gasteiger partial charge in [0, 0.05) is 17.1 Å². The van der Waals surface area contributed by atoms with Crippen molar-refractivity contribution >= 4 is 40.5 Å². The van der Waals surface area contributed by atoms with E-state index in [4.69, 9.17) is 16.6 Å². The molecule has 0 radical (unpaired) electrons. The molecule has 2 aromatic rings. The third-order valence-corrected chi connectivity index (χ3v) is 4.97. The zero-order valence-corrected chi connectivity index (χ0v) is 18.4. The monoisotopic (exact) mass is 476 g/mol. The number of H-pyrrole nitrogens is 1. The van der Waals surface area contributed by atoms with Crippen LogP contribution in [0.1, 0.15) is 18.9 Å². The number of fused-ring (bicyclic) bond motifs is 1. The van der Waals surface area contributed by atoms with Crippen LogP contribution in [0.25, 0.3) is 10.9 Å². The molecule has 184 valence electrons. The topological polar surface area (TPSA) is 230 Å². The van der Waals surface area contributed by atoms with Gasteiger partial charge in [-0.3, -0.25) is 24.0 Å². The second-order valence-corrected chi connectivity index (χ2v) is 7.74. The first-order chi connectivity index (χ1) is 16.0. The van der Waals surface area contributed by atoms with Gasteiger partial charge in [-0.1, -0.05) is 18.2 Å². The van der Waals surface area contributed by atoms with Gasteiger partial charge in [0.1, 0.15) is 18.6 Å². The summed E-state index contributed by atoms with van der Waals surface area (Å²) in [6.07, 6.45) is -0.148. The molecular formula is C21H28N6O7. The Hall–Kier alpha value is -3.97. The fraction of sp³-hybridized carbons (Fsp3) is 0.381. The number of para-hydroxylation sites is 1. The lowest BCUT2D eigenvalue weighted by Crippen LogP contribution is -2.59. The highest BCUT2D eigenvalue weighted by Crippen LogP contribution is 2.18. The number of carbonyl (C=O) groups is 5. The molecule has 10 N–H and O–H groups in total. The van der Waals surface area contributed by atoms with Gasteiger partial charge in [0.05, 0.1) is 18.6 Å². The Morgan fingerprint density at radius 3 is 2.35 bits per heavy atom. The van der Waals surface area contributed by atoms with E-state index in [2.05, 4.69) is 15.6 Å². The maximum atomic E-state index is 12.7. The summed E-state index contributed by atoms with van der Waals surface area (Å²) in [6.45, 7) is 0.493. The average Bonchev–Trinajstić information content (AvgIpc) is 3.17. The van der Waals surface area contributed by atoms with E-state index in [1.54, 1.807) is 6.20 Å². The highest BCUT2D eigenvalue weighted by Gasteiger charge is 2.32. The lowest BCUT2D eigenvalue weighted by atomic mass is 10.0. The van der Waals surface area contributed by atoms with Gasteiger partial charge in [-0.05, 0) is 25.0 Å². The highest BCUT2D eigenvalue weighted by molar-refractivity contribution is 5.96. The molecule has 4 amide bonds. The summed E-state index contributed by atoms with van der Waals surface area (Å²) < 4.78 is 0. The molecule has 1 heterocycles. The molecule has 0 aliphatic heterocycles. The van der Waals surface area contributed by atoms with E-state index < -0.39 is 66.8 Å². The number of aliphatic carboxylic acids is 1. The Kier molecular flexibility index (Phi) is 9.10. The molecule has 0 saturated carbocycles. The largest absolute Gasteiger partial charge is 0.480 e. The second kappa shape index (κ2) is 11.8. The van der Waals surface area contributed by atoms with Crippen LogP contribution in [0.15, 0.2) is 30.5 Å². The van der Waals surface area contributed by atoms with E-state index in [1.807, 2.05) is 29.6 Å². The highest BCUT2D eigenvalue weighted by atomic mass is 16.4. The van der Waals surface area contributed by atoms with Crippen molar-refractivity contribution in [3.8, 4) is 0 Å². The molecule has 4 atom stereocenters. The SMILES string of the molecule is CC(O)C(NC(=O)C(N)Cc1c[nH]c2ccccc12)C(=O)NC(CC(N)=O)C(=O)NCC(=O)O. The predicted octanol–water partition coefficient (Wildman–Crippen LogP) is -2.54. The molecule has 0 saturated heterocycles. The summed E-state index contributed by atoms with van der Waals surface area (Å²) >= 11 is 0. The van der Waals surface area contributed by atoms with Crippen molar-refractivity contribution in [2.75, 3.05) is 6.54 Å². The van der Waals surface area contributed by atoms with Crippen LogP contribution in [-0.2, 0) is 30.4 Å². The molecule has 1 aromatic heterocycles. The summed E-state index contributed by atoms with van der Waals surface area (Å²) in [5, 5.41) is 26.2. The number of primary amides is 1. The lowest BCUT2D eigenvalue weighted by molar-refractivity contribution is -0.139. The number of carbonyl (C=O) groups excluding carboxylic acids is 4. The Morgan fingerprint density at radius 1 is 1.06 bits per heavy atom. The minimum absolute atomic E-state index is 0.145. The van der Waals surface area contributed by atoms with Crippen LogP contribution in [0.3, 0.4) is 0 Å². The van der Waals surface area contributed by atoms with Gasteiger partial charge in [-0.25, -0.2) is 0 Å². The van der Waals surface area contributed by atoms with Gasteiger partial charge < -0.3 is 42.6 Å². The molecule has 0 aliphatic rings. The molecule has 1 aromatic carbocycles. The van der Waals surface area contributed by atoms with Crippen LogP contribution in [0.2, 0.25) is 0 Å². The number of nitrogens with one attached hydrogen (secondary N) is 4. The van der Waals surface area contributed by atoms with E-state index in [-0.39, 0.29) is 6.42 Å². The number of aromatic nitrogens is 1. The predicted molar refractivity (Wildman–Crippen MR) is 120 cm³/mol. The van der Waals surface area contributed by atoms with Crippen molar-refractivity contribution < 1.29 is 34.2 Å². The minimum atomic E-state index is -1.51. The number of hydrogen-bond donors (Lipinski definition) is 8. The molecule has 13 heteroatoms. The van der Waals surface area contributed by atoms with Crippen LogP contribution in [0.4, 0.5) is 0 Å². The summed E-state index contributed by atoms with van der Waals surface area (Å²) in [7, 11) is 0. The van der Waals surface area contributed by atoms with Crippen LogP contribution < -0.4 is 27.4 Å². The molecule has 0 bridgehead atoms. The van der Waals surface area contributed by atoms with Gasteiger partial charge >= 0.3 is 5.97 Å². The molecule has 2 rings (SSSR count). The van der Waals surface area contributed by atoms with E-state index in [0.29, 0.717) is 0 Å². The molecule has 0 fully saturated rings. The number of aliphatic hydroxyl groups is 1. The Balaban J connectivity index is 2.06. The molecule has 34 heavy (non-hydrogen) atoms. The number of benzene rings is 1. The maximum absolute atomic E-state index is 12.7. The smallest absolute Gasteiger partial charge is 0.322 e. The van der Waals surface area contributed by atoms with Crippen molar-refractivity contribution in [2.45, 2.75) is 44.0 Å². The van der Waals surface area contributed by atoms with Crippen molar-refractivity contribution in [3.05, 3.63) is 36.0 Å². The van der Waals surface area contributed by atoms with Gasteiger partial charge in [0.25, 0.3) is 0 Å². The summed E-state index contributed by atoms with van der Waals surface area (Å²) in [5.41, 5.74) is 12.8. The van der Waals surface area contributed by atoms with E-state index >= 15 is 0 Å². The van der Waals surface area contributed by atoms with Crippen molar-refractivity contribution in [1.29, 1.82) is 0 Å². The summed E-state index contributed by atoms with van der Waals surface area (Å²) in [6, 6.07) is 3.35. The Labute approximate surface area is 194 Å². The van der Waals surface area contributed by atoms with Crippen LogP contribution in [0.5, 0.6) is 0 Å². The number of carboxylic acids is 1. The van der Waals surface area contributed by atoms with Gasteiger partial charge in [0.2, 0.25) is 23.6 Å². The Morgan fingerprint density at radius 2 is 1.74 bits per heavy atom. The van der Waals surface area contributed by atoms with Crippen LogP contribution in [-0.4, -0.2) is 75.6 Å². The van der Waals surface area contributed by atoms with Gasteiger partial charge in [0.15, 0.2) is 0 Å². The zero-order valence-electron chi connectivity index (χ0n) is 18.4. The van der Waals surface area contributed by atoms with E-state index in [9.17, 15) is 29.1 Å². The lowest BCUT2D eigenvalue weighted by Gasteiger charge is -2.25. The van der Waals surface area contributed by atoms with Crippen molar-refractivity contribution in [3.63, 3.8) is 0 Å². The molecular weight excluding hydrogens is 448 g/mol. The first-order valence-electron chi connectivity index (χ1n) is 10.4. The summed E-state index contributed by atoms with van der Waals surface area (Å²) in [5.74, 6) is -4.96. The standard InChI is InChI=1S/C21H28N6O7/c1-10(28)18(21(34)26-15(7-16(23)29)20(33)25-9-17(30)31)27-19(32)13(22)6-11-8-24-14-5-3-2-4-12(11)14/h2-5,8,10,13,15,18,24,28H,6-7,9,22H2,1H3,(H2,23,29)(H,25,33)(H,26,34)(H,27,32)(H,30,31). The quantitative estimate of drug-likeness (QED) is 0.162. The number of aliphatic hydroxyl groups excluding tert-OH is 1. The van der Waals surface area contributed by atoms with E-state index in [0.717, 1.165) is 16.5 Å². The fourth-order valence-corrected chi connectivity index (χ4v) is 3.25. The maximum Gasteiger partial charge on any atom is 0.322 e. The number of aromatic amines is 1. The summed E-state index contributed by atoms with van der Waals surface area (Å²) in [4.78, 5) is 62.5. The van der Waals surface area contributed by atoms with Gasteiger partial charge in [-0.15, -0.1) is 0 Å². The number of rotatable bonds is 12. The normalized spacial score (nSPS) is 14.4. The minimum Gasteiger partial charge on any atom is -0.480 e. The van der Waals surface area contributed by atoms with Crippen molar-refractivity contribution in [2.24, 2.45) is 11.5 Å². The second-order valence-electron chi connectivity index (χ2n) is 7.74. The Bertz CT molecular complexity index is 1070.